The molecule has 0 aromatic heterocycles. The van der Waals surface area contributed by atoms with E-state index in [1.807, 2.05) is 11.8 Å². The molecule has 2 amide bonds. The maximum atomic E-state index is 12.3. The van der Waals surface area contributed by atoms with Gasteiger partial charge < -0.3 is 15.3 Å². The van der Waals surface area contributed by atoms with Crippen molar-refractivity contribution < 1.29 is 14.7 Å². The summed E-state index contributed by atoms with van der Waals surface area (Å²) in [6.45, 7) is 5.54. The van der Waals surface area contributed by atoms with E-state index in [1.54, 1.807) is 0 Å². The predicted octanol–water partition coefficient (Wildman–Crippen LogP) is 2.71. The van der Waals surface area contributed by atoms with E-state index < -0.39 is 5.97 Å². The Morgan fingerprint density at radius 1 is 1.29 bits per heavy atom. The molecule has 0 radical (unpaired) electrons. The standard InChI is InChI=1S/C16H28N2O3/c1-11(8-15(19)20)14-4-3-7-18(10-14)16(21)17-12(2)9-13-5-6-13/h11-14H,3-10H2,1-2H3,(H,17,21)(H,19,20). The molecule has 2 N–H and O–H groups in total. The Morgan fingerprint density at radius 3 is 2.62 bits per heavy atom. The Kier molecular flexibility index (Phi) is 5.48. The average Bonchev–Trinajstić information content (AvgIpc) is 3.21. The lowest BCUT2D eigenvalue weighted by Gasteiger charge is -2.36. The van der Waals surface area contributed by atoms with Crippen molar-refractivity contribution in [2.45, 2.75) is 58.4 Å². The number of nitrogens with one attached hydrogen (secondary N) is 1. The second-order valence-electron chi connectivity index (χ2n) is 6.95. The van der Waals surface area contributed by atoms with Crippen molar-refractivity contribution in [1.82, 2.24) is 10.2 Å². The third-order valence-corrected chi connectivity index (χ3v) is 4.80. The molecule has 120 valence electrons. The van der Waals surface area contributed by atoms with Gasteiger partial charge in [0.25, 0.3) is 0 Å². The molecule has 2 rings (SSSR count). The summed E-state index contributed by atoms with van der Waals surface area (Å²) in [6.07, 6.45) is 5.88. The van der Waals surface area contributed by atoms with Gasteiger partial charge >= 0.3 is 12.0 Å². The summed E-state index contributed by atoms with van der Waals surface area (Å²) in [7, 11) is 0. The average molecular weight is 296 g/mol. The number of rotatable bonds is 6. The van der Waals surface area contributed by atoms with Crippen LogP contribution in [-0.2, 0) is 4.79 Å². The number of amides is 2. The Balaban J connectivity index is 1.78. The van der Waals surface area contributed by atoms with Crippen LogP contribution in [0.15, 0.2) is 0 Å². The van der Waals surface area contributed by atoms with E-state index in [-0.39, 0.29) is 24.4 Å². The van der Waals surface area contributed by atoms with Gasteiger partial charge in [-0.2, -0.15) is 0 Å². The van der Waals surface area contributed by atoms with Gasteiger partial charge in [-0.05, 0) is 43.9 Å². The lowest BCUT2D eigenvalue weighted by molar-refractivity contribution is -0.138. The van der Waals surface area contributed by atoms with Crippen molar-refractivity contribution in [3.63, 3.8) is 0 Å². The first-order valence-electron chi connectivity index (χ1n) is 8.23. The monoisotopic (exact) mass is 296 g/mol. The third kappa shape index (κ3) is 5.21. The number of carbonyl (C=O) groups excluding carboxylic acids is 1. The second-order valence-corrected chi connectivity index (χ2v) is 6.95. The molecule has 5 nitrogen and oxygen atoms in total. The number of carbonyl (C=O) groups is 2. The van der Waals surface area contributed by atoms with Gasteiger partial charge in [-0.25, -0.2) is 4.79 Å². The molecule has 0 bridgehead atoms. The van der Waals surface area contributed by atoms with Crippen LogP contribution in [0.25, 0.3) is 0 Å². The molecule has 21 heavy (non-hydrogen) atoms. The summed E-state index contributed by atoms with van der Waals surface area (Å²) < 4.78 is 0. The van der Waals surface area contributed by atoms with Crippen LogP contribution in [0, 0.1) is 17.8 Å². The van der Waals surface area contributed by atoms with E-state index in [2.05, 4.69) is 12.2 Å². The molecule has 1 aliphatic heterocycles. The lowest BCUT2D eigenvalue weighted by Crippen LogP contribution is -2.49. The summed E-state index contributed by atoms with van der Waals surface area (Å²) in [5, 5.41) is 12.0. The molecule has 0 spiro atoms. The first-order valence-corrected chi connectivity index (χ1v) is 8.23. The zero-order chi connectivity index (χ0) is 15.4. The van der Waals surface area contributed by atoms with E-state index in [4.69, 9.17) is 5.11 Å². The molecule has 0 aromatic carbocycles. The van der Waals surface area contributed by atoms with Crippen LogP contribution < -0.4 is 5.32 Å². The Bertz CT molecular complexity index is 382. The van der Waals surface area contributed by atoms with Crippen LogP contribution in [0.2, 0.25) is 0 Å². The number of piperidine rings is 1. The fourth-order valence-corrected chi connectivity index (χ4v) is 3.32. The highest BCUT2D eigenvalue weighted by Gasteiger charge is 2.30. The number of likely N-dealkylation sites (tertiary alicyclic amines) is 1. The zero-order valence-corrected chi connectivity index (χ0v) is 13.2. The van der Waals surface area contributed by atoms with E-state index >= 15 is 0 Å². The molecule has 1 saturated heterocycles. The molecule has 2 aliphatic rings. The van der Waals surface area contributed by atoms with Crippen LogP contribution in [0.4, 0.5) is 4.79 Å². The molecule has 3 atom stereocenters. The van der Waals surface area contributed by atoms with E-state index in [9.17, 15) is 9.59 Å². The highest BCUT2D eigenvalue weighted by Crippen LogP contribution is 2.33. The van der Waals surface area contributed by atoms with Crippen LogP contribution >= 0.6 is 0 Å². The molecule has 1 saturated carbocycles. The van der Waals surface area contributed by atoms with Crippen molar-refractivity contribution in [2.24, 2.45) is 17.8 Å². The highest BCUT2D eigenvalue weighted by molar-refractivity contribution is 5.74. The Hall–Kier alpha value is -1.26. The molecule has 1 heterocycles. The normalized spacial score (nSPS) is 25.2. The summed E-state index contributed by atoms with van der Waals surface area (Å²) in [5.74, 6) is 0.494. The van der Waals surface area contributed by atoms with Gasteiger partial charge in [-0.1, -0.05) is 19.8 Å². The van der Waals surface area contributed by atoms with Gasteiger partial charge in [0.05, 0.1) is 0 Å². The van der Waals surface area contributed by atoms with Crippen LogP contribution in [0.3, 0.4) is 0 Å². The van der Waals surface area contributed by atoms with Gasteiger partial charge in [0.15, 0.2) is 0 Å². The van der Waals surface area contributed by atoms with E-state index in [0.29, 0.717) is 12.5 Å². The minimum absolute atomic E-state index is 0.0235. The highest BCUT2D eigenvalue weighted by atomic mass is 16.4. The summed E-state index contributed by atoms with van der Waals surface area (Å²) in [4.78, 5) is 25.0. The second kappa shape index (κ2) is 7.14. The molecular formula is C16H28N2O3. The molecule has 3 unspecified atom stereocenters. The molecular weight excluding hydrogens is 268 g/mol. The Labute approximate surface area is 127 Å². The van der Waals surface area contributed by atoms with E-state index in [0.717, 1.165) is 31.7 Å². The molecule has 2 fully saturated rings. The SMILES string of the molecule is CC(CC1CC1)NC(=O)N1CCCC(C(C)CC(=O)O)C1. The van der Waals surface area contributed by atoms with Gasteiger partial charge in [-0.3, -0.25) is 4.79 Å². The maximum Gasteiger partial charge on any atom is 0.317 e. The molecule has 0 aromatic rings. The Morgan fingerprint density at radius 2 is 2.00 bits per heavy atom. The van der Waals surface area contributed by atoms with E-state index in [1.165, 1.54) is 12.8 Å². The van der Waals surface area contributed by atoms with Crippen molar-refractivity contribution in [1.29, 1.82) is 0 Å². The number of carboxylic acids is 1. The van der Waals surface area contributed by atoms with Crippen molar-refractivity contribution in [3.05, 3.63) is 0 Å². The zero-order valence-electron chi connectivity index (χ0n) is 13.2. The first kappa shape index (κ1) is 16.1. The summed E-state index contributed by atoms with van der Waals surface area (Å²) >= 11 is 0. The van der Waals surface area contributed by atoms with Gasteiger partial charge in [-0.15, -0.1) is 0 Å². The number of hydrogen-bond donors (Lipinski definition) is 2. The van der Waals surface area contributed by atoms with Crippen molar-refractivity contribution >= 4 is 12.0 Å². The minimum atomic E-state index is -0.748. The summed E-state index contributed by atoms with van der Waals surface area (Å²) in [5.41, 5.74) is 0. The topological polar surface area (TPSA) is 69.6 Å². The lowest BCUT2D eigenvalue weighted by atomic mass is 9.85. The minimum Gasteiger partial charge on any atom is -0.481 e. The van der Waals surface area contributed by atoms with Gasteiger partial charge in [0.2, 0.25) is 0 Å². The van der Waals surface area contributed by atoms with Crippen LogP contribution in [0.5, 0.6) is 0 Å². The van der Waals surface area contributed by atoms with Crippen LogP contribution in [-0.4, -0.2) is 41.1 Å². The number of hydrogen-bond acceptors (Lipinski definition) is 2. The number of aliphatic carboxylic acids is 1. The smallest absolute Gasteiger partial charge is 0.317 e. The predicted molar refractivity (Wildman–Crippen MR) is 81.0 cm³/mol. The summed E-state index contributed by atoms with van der Waals surface area (Å²) in [6, 6.07) is 0.261. The van der Waals surface area contributed by atoms with Gasteiger partial charge in [0.1, 0.15) is 0 Å². The number of urea groups is 1. The molecule has 5 heteroatoms. The van der Waals surface area contributed by atoms with Crippen LogP contribution in [0.1, 0.15) is 52.4 Å². The van der Waals surface area contributed by atoms with Crippen molar-refractivity contribution in [2.75, 3.05) is 13.1 Å². The first-order chi connectivity index (χ1) is 9.95. The van der Waals surface area contributed by atoms with Gasteiger partial charge in [0, 0.05) is 25.6 Å². The quantitative estimate of drug-likeness (QED) is 0.791. The molecule has 1 aliphatic carbocycles. The fraction of sp³-hybridized carbons (Fsp3) is 0.875. The number of nitrogens with zero attached hydrogens (tertiary/aromatic N) is 1. The number of carboxylic acid groups (broad SMARTS) is 1. The third-order valence-electron chi connectivity index (χ3n) is 4.80. The largest absolute Gasteiger partial charge is 0.481 e. The fourth-order valence-electron chi connectivity index (χ4n) is 3.32. The van der Waals surface area contributed by atoms with Crippen molar-refractivity contribution in [3.8, 4) is 0 Å². The maximum absolute atomic E-state index is 12.3.